The van der Waals surface area contributed by atoms with Crippen LogP contribution in [-0.4, -0.2) is 79.1 Å². The number of carbonyl (C=O) groups is 6. The molecule has 0 radical (unpaired) electrons. The van der Waals surface area contributed by atoms with Crippen molar-refractivity contribution in [2.75, 3.05) is 17.2 Å². The van der Waals surface area contributed by atoms with Gasteiger partial charge in [-0.05, 0) is 47.7 Å². The normalized spacial score (nSPS) is 28.1. The van der Waals surface area contributed by atoms with Crippen LogP contribution in [-0.2, 0) is 57.1 Å². The molecule has 2 aliphatic heterocycles. The first-order valence-corrected chi connectivity index (χ1v) is 17.5. The largest absolute Gasteiger partial charge is 0.463 e. The Morgan fingerprint density at radius 2 is 1.04 bits per heavy atom. The minimum absolute atomic E-state index is 0.0252. The quantitative estimate of drug-likeness (QED) is 0.227. The summed E-state index contributed by atoms with van der Waals surface area (Å²) in [5.41, 5.74) is 1.90. The van der Waals surface area contributed by atoms with Crippen molar-refractivity contribution in [1.29, 1.82) is 0 Å². The van der Waals surface area contributed by atoms with E-state index >= 15 is 0 Å². The summed E-state index contributed by atoms with van der Waals surface area (Å²) in [7, 11) is 0. The van der Waals surface area contributed by atoms with E-state index in [9.17, 15) is 28.8 Å². The molecule has 0 aliphatic carbocycles. The van der Waals surface area contributed by atoms with Crippen molar-refractivity contribution in [1.82, 2.24) is 0 Å². The highest BCUT2D eigenvalue weighted by Gasteiger charge is 2.52. The van der Waals surface area contributed by atoms with Crippen molar-refractivity contribution >= 4 is 47.3 Å². The highest BCUT2D eigenvalue weighted by atomic mass is 16.7. The Balaban J connectivity index is 1.59. The van der Waals surface area contributed by atoms with E-state index in [1.54, 1.807) is 42.5 Å². The van der Waals surface area contributed by atoms with Crippen molar-refractivity contribution in [3.05, 3.63) is 59.7 Å². The monoisotopic (exact) mass is 740 g/mol. The van der Waals surface area contributed by atoms with Gasteiger partial charge in [-0.1, -0.05) is 45.0 Å². The molecule has 0 spiro atoms. The third-order valence-corrected chi connectivity index (χ3v) is 9.20. The van der Waals surface area contributed by atoms with E-state index in [0.29, 0.717) is 16.9 Å². The Hall–Kier alpha value is -5.02. The highest BCUT2D eigenvalue weighted by Crippen LogP contribution is 2.42. The van der Waals surface area contributed by atoms with Crippen LogP contribution >= 0.6 is 0 Å². The van der Waals surface area contributed by atoms with Crippen LogP contribution in [0.15, 0.2) is 48.5 Å². The van der Waals surface area contributed by atoms with E-state index < -0.39 is 78.6 Å². The number of hydrogen-bond donors (Lipinski definition) is 2. The standard InChI is InChI=1S/C38H48N2O13/c1-9-30-19(2)20(3)32(48-22(5)42)33(52-30)26-12-10-14-28(16-26)39-38(46)40-29-15-11-13-27(17-29)34-36(50-24(7)44)37(51-25(8)45)35(49-23(6)43)31(53-34)18-47-21(4)41/h10-17,19-20,30-37H,9,18H2,1-8H3,(H2,39,40,46)/t19-,20-,30+,31+,32-,33+,34+,35+,36+,37-/m0/s1. The second-order valence-corrected chi connectivity index (χ2v) is 13.2. The van der Waals surface area contributed by atoms with Gasteiger partial charge in [0.2, 0.25) is 0 Å². The van der Waals surface area contributed by atoms with E-state index in [1.807, 2.05) is 19.9 Å². The SMILES string of the molecule is CC[C@H]1O[C@H](c2cccc(NC(=O)Nc3cccc([C@H]4O[C@H](COC(C)=O)[C@@H](OC(C)=O)[C@H](OC(C)=O)[C@@H]4OC(C)=O)c3)c2)[C@@H](OC(C)=O)[C@@H](C)[C@@H]1C. The van der Waals surface area contributed by atoms with Gasteiger partial charge in [0.25, 0.3) is 0 Å². The molecular formula is C38H48N2O13. The van der Waals surface area contributed by atoms with Gasteiger partial charge < -0.3 is 43.8 Å². The summed E-state index contributed by atoms with van der Waals surface area (Å²) < 4.78 is 40.2. The molecular weight excluding hydrogens is 692 g/mol. The maximum atomic E-state index is 13.3. The molecule has 2 aliphatic rings. The molecule has 15 nitrogen and oxygen atoms in total. The van der Waals surface area contributed by atoms with E-state index in [2.05, 4.69) is 17.6 Å². The number of amides is 2. The fourth-order valence-corrected chi connectivity index (χ4v) is 6.78. The molecule has 2 heterocycles. The fourth-order valence-electron chi connectivity index (χ4n) is 6.78. The van der Waals surface area contributed by atoms with E-state index in [1.165, 1.54) is 13.8 Å². The lowest BCUT2D eigenvalue weighted by atomic mass is 9.79. The molecule has 2 saturated heterocycles. The summed E-state index contributed by atoms with van der Waals surface area (Å²) in [6.45, 7) is 11.8. The Labute approximate surface area is 308 Å². The lowest BCUT2D eigenvalue weighted by Gasteiger charge is -2.44. The van der Waals surface area contributed by atoms with Gasteiger partial charge >= 0.3 is 35.9 Å². The van der Waals surface area contributed by atoms with Gasteiger partial charge in [0.05, 0.1) is 6.10 Å². The highest BCUT2D eigenvalue weighted by molar-refractivity contribution is 5.99. The van der Waals surface area contributed by atoms with Crippen LogP contribution < -0.4 is 10.6 Å². The van der Waals surface area contributed by atoms with Crippen molar-refractivity contribution in [3.63, 3.8) is 0 Å². The van der Waals surface area contributed by atoms with Crippen LogP contribution in [0, 0.1) is 11.8 Å². The number of esters is 5. The molecule has 2 amide bonds. The molecule has 2 fully saturated rings. The van der Waals surface area contributed by atoms with Gasteiger partial charge in [0.15, 0.2) is 18.3 Å². The van der Waals surface area contributed by atoms with Gasteiger partial charge in [0, 0.05) is 51.9 Å². The van der Waals surface area contributed by atoms with Gasteiger partial charge in [-0.2, -0.15) is 0 Å². The lowest BCUT2D eigenvalue weighted by Crippen LogP contribution is -2.59. The number of rotatable bonds is 11. The predicted molar refractivity (Wildman–Crippen MR) is 188 cm³/mol. The Bertz CT molecular complexity index is 1660. The zero-order chi connectivity index (χ0) is 39.0. The molecule has 0 unspecified atom stereocenters. The lowest BCUT2D eigenvalue weighted by molar-refractivity contribution is -0.254. The number of hydrogen-bond acceptors (Lipinski definition) is 13. The third kappa shape index (κ3) is 10.8. The molecule has 10 atom stereocenters. The first kappa shape index (κ1) is 40.7. The average molecular weight is 741 g/mol. The van der Waals surface area contributed by atoms with E-state index in [0.717, 1.165) is 32.8 Å². The summed E-state index contributed by atoms with van der Waals surface area (Å²) in [5, 5.41) is 5.60. The van der Waals surface area contributed by atoms with Crippen LogP contribution in [0.4, 0.5) is 16.2 Å². The molecule has 53 heavy (non-hydrogen) atoms. The number of benzene rings is 2. The van der Waals surface area contributed by atoms with Gasteiger partial charge in [-0.3, -0.25) is 24.0 Å². The molecule has 0 saturated carbocycles. The first-order valence-electron chi connectivity index (χ1n) is 17.5. The minimum atomic E-state index is -1.35. The summed E-state index contributed by atoms with van der Waals surface area (Å²) in [6, 6.07) is 13.0. The number of anilines is 2. The van der Waals surface area contributed by atoms with Crippen LogP contribution in [0.3, 0.4) is 0 Å². The number of carbonyl (C=O) groups excluding carboxylic acids is 6. The molecule has 4 rings (SSSR count). The summed E-state index contributed by atoms with van der Waals surface area (Å²) in [4.78, 5) is 73.6. The molecule has 2 N–H and O–H groups in total. The van der Waals surface area contributed by atoms with Crippen LogP contribution in [0.1, 0.15) is 85.1 Å². The molecule has 15 heteroatoms. The summed E-state index contributed by atoms with van der Waals surface area (Å²) >= 11 is 0. The Morgan fingerprint density at radius 3 is 1.53 bits per heavy atom. The zero-order valence-electron chi connectivity index (χ0n) is 31.1. The molecule has 0 aromatic heterocycles. The number of urea groups is 1. The zero-order valence-corrected chi connectivity index (χ0v) is 31.1. The van der Waals surface area contributed by atoms with Crippen molar-refractivity contribution in [2.45, 2.75) is 111 Å². The van der Waals surface area contributed by atoms with Gasteiger partial charge in [0.1, 0.15) is 31.0 Å². The van der Waals surface area contributed by atoms with Crippen LogP contribution in [0.2, 0.25) is 0 Å². The Kier molecular flexibility index (Phi) is 14.0. The topological polar surface area (TPSA) is 191 Å². The number of nitrogens with one attached hydrogen (secondary N) is 2. The fraction of sp³-hybridized carbons (Fsp3) is 0.526. The number of ether oxygens (including phenoxy) is 7. The predicted octanol–water partition coefficient (Wildman–Crippen LogP) is 5.18. The van der Waals surface area contributed by atoms with Crippen molar-refractivity contribution < 1.29 is 61.9 Å². The van der Waals surface area contributed by atoms with Gasteiger partial charge in [-0.25, -0.2) is 4.79 Å². The van der Waals surface area contributed by atoms with Crippen LogP contribution in [0.25, 0.3) is 0 Å². The van der Waals surface area contributed by atoms with Crippen molar-refractivity contribution in [2.24, 2.45) is 11.8 Å². The molecule has 288 valence electrons. The van der Waals surface area contributed by atoms with E-state index in [4.69, 9.17) is 33.2 Å². The summed E-state index contributed by atoms with van der Waals surface area (Å²) in [6.07, 6.45) is -6.55. The minimum Gasteiger partial charge on any atom is -0.463 e. The maximum absolute atomic E-state index is 13.3. The smallest absolute Gasteiger partial charge is 0.323 e. The molecule has 0 bridgehead atoms. The third-order valence-electron chi connectivity index (χ3n) is 9.20. The molecule has 2 aromatic carbocycles. The van der Waals surface area contributed by atoms with Gasteiger partial charge in [-0.15, -0.1) is 0 Å². The van der Waals surface area contributed by atoms with Crippen LogP contribution in [0.5, 0.6) is 0 Å². The molecule has 2 aromatic rings. The van der Waals surface area contributed by atoms with E-state index in [-0.39, 0.29) is 24.5 Å². The average Bonchev–Trinajstić information content (AvgIpc) is 3.07. The second-order valence-electron chi connectivity index (χ2n) is 13.2. The summed E-state index contributed by atoms with van der Waals surface area (Å²) in [5.74, 6) is -3.08. The second kappa shape index (κ2) is 18.1. The first-order chi connectivity index (χ1) is 25.1. The Morgan fingerprint density at radius 1 is 0.585 bits per heavy atom. The maximum Gasteiger partial charge on any atom is 0.323 e. The van der Waals surface area contributed by atoms with Crippen molar-refractivity contribution in [3.8, 4) is 0 Å².